The molecule has 0 atom stereocenters. The van der Waals surface area contributed by atoms with E-state index < -0.39 is 0 Å². The van der Waals surface area contributed by atoms with E-state index >= 15 is 0 Å². The average molecular weight is 395 g/mol. The fourth-order valence-electron chi connectivity index (χ4n) is 3.00. The number of piperazine rings is 1. The van der Waals surface area contributed by atoms with Gasteiger partial charge in [0.2, 0.25) is 0 Å². The number of hydrogen-bond donors (Lipinski definition) is 0. The highest BCUT2D eigenvalue weighted by molar-refractivity contribution is 9.10. The van der Waals surface area contributed by atoms with Crippen LogP contribution in [-0.4, -0.2) is 54.5 Å². The number of ether oxygens (including phenoxy) is 1. The minimum absolute atomic E-state index is 0.0281. The smallest absolute Gasteiger partial charge is 0.254 e. The van der Waals surface area contributed by atoms with Gasteiger partial charge >= 0.3 is 0 Å². The molecule has 0 spiro atoms. The Morgan fingerprint density at radius 3 is 2.58 bits per heavy atom. The first-order valence-electron chi connectivity index (χ1n) is 8.39. The molecule has 2 aromatic rings. The van der Waals surface area contributed by atoms with Crippen LogP contribution < -0.4 is 4.74 Å². The van der Waals surface area contributed by atoms with Crippen LogP contribution in [0, 0.1) is 0 Å². The van der Waals surface area contributed by atoms with Crippen molar-refractivity contribution in [1.29, 1.82) is 0 Å². The summed E-state index contributed by atoms with van der Waals surface area (Å²) < 4.78 is 12.2. The van der Waals surface area contributed by atoms with Gasteiger partial charge in [-0.15, -0.1) is 0 Å². The van der Waals surface area contributed by atoms with Gasteiger partial charge in [0.25, 0.3) is 5.91 Å². The number of benzene rings is 1. The molecule has 1 fully saturated rings. The summed E-state index contributed by atoms with van der Waals surface area (Å²) >= 11 is 3.35. The van der Waals surface area contributed by atoms with Crippen LogP contribution >= 0.6 is 15.9 Å². The number of carbonyl (C=O) groups is 1. The number of amides is 1. The van der Waals surface area contributed by atoms with E-state index in [2.05, 4.69) is 27.8 Å². The topological polar surface area (TPSA) is 45.9 Å². The Hall–Kier alpha value is -1.53. The second-order valence-corrected chi connectivity index (χ2v) is 7.11. The summed E-state index contributed by atoms with van der Waals surface area (Å²) in [6.45, 7) is 10.5. The fraction of sp³-hybridized carbons (Fsp3) is 0.500. The van der Waals surface area contributed by atoms with Crippen LogP contribution in [0.4, 0.5) is 0 Å². The number of carbonyl (C=O) groups excluding carboxylic acids is 1. The van der Waals surface area contributed by atoms with Crippen LogP contribution in [0.25, 0.3) is 11.0 Å². The van der Waals surface area contributed by atoms with E-state index in [1.54, 1.807) is 0 Å². The number of hydrogen-bond acceptors (Lipinski definition) is 4. The van der Waals surface area contributed by atoms with Crippen LogP contribution in [-0.2, 0) is 0 Å². The quantitative estimate of drug-likeness (QED) is 0.791. The van der Waals surface area contributed by atoms with Crippen molar-refractivity contribution in [3.8, 4) is 5.75 Å². The lowest BCUT2D eigenvalue weighted by Crippen LogP contribution is -2.48. The molecule has 0 N–H and O–H groups in total. The predicted molar refractivity (Wildman–Crippen MR) is 97.7 cm³/mol. The largest absolute Gasteiger partial charge is 0.490 e. The standard InChI is InChI=1S/C18H23BrN2O3/c1-4-20-5-7-21(8-6-20)18(22)13-9-15(23-12(2)3)14-11-17(19)24-16(14)10-13/h9-12H,4-8H2,1-3H3. The van der Waals surface area contributed by atoms with E-state index in [-0.39, 0.29) is 12.0 Å². The molecule has 6 heteroatoms. The number of fused-ring (bicyclic) bond motifs is 1. The Morgan fingerprint density at radius 1 is 1.25 bits per heavy atom. The molecule has 130 valence electrons. The summed E-state index contributed by atoms with van der Waals surface area (Å²) in [5.74, 6) is 0.723. The number of halogens is 1. The van der Waals surface area contributed by atoms with Gasteiger partial charge in [-0.3, -0.25) is 4.79 Å². The molecule has 5 nitrogen and oxygen atoms in total. The van der Waals surface area contributed by atoms with Crippen molar-refractivity contribution >= 4 is 32.8 Å². The first kappa shape index (κ1) is 17.3. The Labute approximate surface area is 150 Å². The molecule has 3 rings (SSSR count). The van der Waals surface area contributed by atoms with Crippen molar-refractivity contribution in [2.45, 2.75) is 26.9 Å². The summed E-state index contributed by atoms with van der Waals surface area (Å²) in [7, 11) is 0. The molecular weight excluding hydrogens is 372 g/mol. The zero-order chi connectivity index (χ0) is 17.3. The van der Waals surface area contributed by atoms with Gasteiger partial charge in [0, 0.05) is 37.8 Å². The van der Waals surface area contributed by atoms with Gasteiger partial charge in [-0.1, -0.05) is 6.92 Å². The highest BCUT2D eigenvalue weighted by Gasteiger charge is 2.23. The molecular formula is C18H23BrN2O3. The normalized spacial score (nSPS) is 16.1. The van der Waals surface area contributed by atoms with E-state index in [4.69, 9.17) is 9.15 Å². The van der Waals surface area contributed by atoms with Gasteiger partial charge in [0.05, 0.1) is 11.5 Å². The molecule has 1 aliphatic heterocycles. The maximum Gasteiger partial charge on any atom is 0.254 e. The summed E-state index contributed by atoms with van der Waals surface area (Å²) in [6, 6.07) is 5.52. The van der Waals surface area contributed by atoms with Crippen LogP contribution in [0.2, 0.25) is 0 Å². The Balaban J connectivity index is 1.89. The second kappa shape index (κ2) is 7.15. The summed E-state index contributed by atoms with van der Waals surface area (Å²) in [5, 5.41) is 0.878. The Morgan fingerprint density at radius 2 is 1.96 bits per heavy atom. The molecule has 0 radical (unpaired) electrons. The van der Waals surface area contributed by atoms with Gasteiger partial charge in [-0.25, -0.2) is 0 Å². The van der Waals surface area contributed by atoms with E-state index in [1.165, 1.54) is 0 Å². The zero-order valence-corrected chi connectivity index (χ0v) is 15.9. The molecule has 0 saturated carbocycles. The number of rotatable bonds is 4. The number of nitrogens with zero attached hydrogens (tertiary/aromatic N) is 2. The molecule has 0 unspecified atom stereocenters. The molecule has 1 aliphatic rings. The number of furan rings is 1. The highest BCUT2D eigenvalue weighted by atomic mass is 79.9. The van der Waals surface area contributed by atoms with E-state index in [0.29, 0.717) is 21.6 Å². The van der Waals surface area contributed by atoms with Crippen molar-refractivity contribution in [3.63, 3.8) is 0 Å². The monoisotopic (exact) mass is 394 g/mol. The van der Waals surface area contributed by atoms with Crippen molar-refractivity contribution in [2.24, 2.45) is 0 Å². The third kappa shape index (κ3) is 3.59. The van der Waals surface area contributed by atoms with Gasteiger partial charge in [0.1, 0.15) is 11.3 Å². The van der Waals surface area contributed by atoms with Gasteiger partial charge in [-0.05, 0) is 48.5 Å². The summed E-state index contributed by atoms with van der Waals surface area (Å²) in [4.78, 5) is 17.1. The summed E-state index contributed by atoms with van der Waals surface area (Å²) in [5.41, 5.74) is 1.28. The van der Waals surface area contributed by atoms with Crippen molar-refractivity contribution < 1.29 is 13.9 Å². The Kier molecular flexibility index (Phi) is 5.15. The van der Waals surface area contributed by atoms with E-state index in [1.807, 2.05) is 36.9 Å². The van der Waals surface area contributed by atoms with Gasteiger partial charge in [0.15, 0.2) is 4.67 Å². The molecule has 1 aromatic heterocycles. The maximum absolute atomic E-state index is 12.9. The van der Waals surface area contributed by atoms with Gasteiger partial charge in [-0.2, -0.15) is 0 Å². The van der Waals surface area contributed by atoms with Crippen LogP contribution in [0.1, 0.15) is 31.1 Å². The zero-order valence-electron chi connectivity index (χ0n) is 14.3. The highest BCUT2D eigenvalue weighted by Crippen LogP contribution is 2.33. The third-order valence-corrected chi connectivity index (χ3v) is 4.68. The minimum Gasteiger partial charge on any atom is -0.490 e. The van der Waals surface area contributed by atoms with E-state index in [9.17, 15) is 4.79 Å². The molecule has 1 amide bonds. The fourth-order valence-corrected chi connectivity index (χ4v) is 3.40. The molecule has 0 aliphatic carbocycles. The average Bonchev–Trinajstić information content (AvgIpc) is 2.94. The van der Waals surface area contributed by atoms with Crippen LogP contribution in [0.5, 0.6) is 5.75 Å². The first-order chi connectivity index (χ1) is 11.5. The van der Waals surface area contributed by atoms with Crippen LogP contribution in [0.15, 0.2) is 27.3 Å². The second-order valence-electron chi connectivity index (χ2n) is 6.33. The van der Waals surface area contributed by atoms with Crippen molar-refractivity contribution in [3.05, 3.63) is 28.4 Å². The minimum atomic E-state index is 0.0281. The lowest BCUT2D eigenvalue weighted by atomic mass is 10.1. The van der Waals surface area contributed by atoms with E-state index in [0.717, 1.165) is 38.1 Å². The number of likely N-dealkylation sites (N-methyl/N-ethyl adjacent to an activating group) is 1. The van der Waals surface area contributed by atoms with Crippen molar-refractivity contribution in [1.82, 2.24) is 9.80 Å². The molecule has 2 heterocycles. The first-order valence-corrected chi connectivity index (χ1v) is 9.18. The van der Waals surface area contributed by atoms with Crippen LogP contribution in [0.3, 0.4) is 0 Å². The molecule has 24 heavy (non-hydrogen) atoms. The molecule has 1 saturated heterocycles. The lowest BCUT2D eigenvalue weighted by Gasteiger charge is -2.34. The lowest BCUT2D eigenvalue weighted by molar-refractivity contribution is 0.0643. The maximum atomic E-state index is 12.9. The molecule has 1 aromatic carbocycles. The Bertz CT molecular complexity index is 733. The summed E-state index contributed by atoms with van der Waals surface area (Å²) in [6.07, 6.45) is 0.0281. The van der Waals surface area contributed by atoms with Crippen molar-refractivity contribution in [2.75, 3.05) is 32.7 Å². The molecule has 0 bridgehead atoms. The predicted octanol–water partition coefficient (Wildman–Crippen LogP) is 3.76. The third-order valence-electron chi connectivity index (χ3n) is 4.29. The SMILES string of the molecule is CCN1CCN(C(=O)c2cc(OC(C)C)c3cc(Br)oc3c2)CC1. The van der Waals surface area contributed by atoms with Gasteiger partial charge < -0.3 is 19.0 Å².